The Kier molecular flexibility index (Phi) is 2.62. The Balaban J connectivity index is 2.07. The Labute approximate surface area is 88.1 Å². The predicted molar refractivity (Wildman–Crippen MR) is 55.9 cm³/mol. The van der Waals surface area contributed by atoms with Crippen LogP contribution >= 0.6 is 0 Å². The molecule has 1 aliphatic rings. The van der Waals surface area contributed by atoms with E-state index in [0.717, 1.165) is 30.9 Å². The fraction of sp³-hybridized carbons (Fsp3) is 0.600. The van der Waals surface area contributed by atoms with Crippen LogP contribution in [0.2, 0.25) is 0 Å². The van der Waals surface area contributed by atoms with E-state index in [1.54, 1.807) is 0 Å². The third-order valence-corrected chi connectivity index (χ3v) is 2.79. The number of aromatic amines is 1. The monoisotopic (exact) mass is 209 g/mol. The Morgan fingerprint density at radius 3 is 3.13 bits per heavy atom. The fourth-order valence-electron chi connectivity index (χ4n) is 1.95. The van der Waals surface area contributed by atoms with Gasteiger partial charge < -0.3 is 10.0 Å². The molecule has 0 aliphatic carbocycles. The van der Waals surface area contributed by atoms with Crippen LogP contribution in [0, 0.1) is 12.8 Å². The van der Waals surface area contributed by atoms with Crippen molar-refractivity contribution in [2.75, 3.05) is 18.0 Å². The summed E-state index contributed by atoms with van der Waals surface area (Å²) in [6.45, 7) is 3.41. The lowest BCUT2D eigenvalue weighted by Crippen LogP contribution is -2.38. The molecule has 1 aromatic rings. The van der Waals surface area contributed by atoms with Gasteiger partial charge in [0.2, 0.25) is 0 Å². The minimum Gasteiger partial charge on any atom is -0.481 e. The maximum Gasteiger partial charge on any atom is 0.308 e. The quantitative estimate of drug-likeness (QED) is 0.763. The second-order valence-electron chi connectivity index (χ2n) is 4.03. The molecule has 2 rings (SSSR count). The van der Waals surface area contributed by atoms with E-state index in [4.69, 9.17) is 5.11 Å². The van der Waals surface area contributed by atoms with Crippen molar-refractivity contribution >= 4 is 11.8 Å². The van der Waals surface area contributed by atoms with Gasteiger partial charge >= 0.3 is 5.97 Å². The van der Waals surface area contributed by atoms with Crippen LogP contribution in [-0.2, 0) is 4.79 Å². The van der Waals surface area contributed by atoms with Gasteiger partial charge in [-0.2, -0.15) is 5.10 Å². The summed E-state index contributed by atoms with van der Waals surface area (Å²) in [6, 6.07) is 1.95. The molecule has 0 radical (unpaired) electrons. The molecule has 1 saturated heterocycles. The van der Waals surface area contributed by atoms with Gasteiger partial charge in [-0.3, -0.25) is 9.89 Å². The largest absolute Gasteiger partial charge is 0.481 e. The van der Waals surface area contributed by atoms with Crippen molar-refractivity contribution in [2.24, 2.45) is 5.92 Å². The Bertz CT molecular complexity index is 361. The Hall–Kier alpha value is -1.52. The lowest BCUT2D eigenvalue weighted by Gasteiger charge is -2.30. The molecule has 0 bridgehead atoms. The van der Waals surface area contributed by atoms with Crippen molar-refractivity contribution in [3.8, 4) is 0 Å². The normalized spacial score (nSPS) is 21.7. The topological polar surface area (TPSA) is 69.2 Å². The number of carboxylic acid groups (broad SMARTS) is 1. The van der Waals surface area contributed by atoms with Gasteiger partial charge in [-0.15, -0.1) is 0 Å². The Morgan fingerprint density at radius 1 is 1.73 bits per heavy atom. The molecule has 15 heavy (non-hydrogen) atoms. The molecule has 0 unspecified atom stereocenters. The van der Waals surface area contributed by atoms with Crippen molar-refractivity contribution in [2.45, 2.75) is 19.8 Å². The van der Waals surface area contributed by atoms with Gasteiger partial charge in [0.05, 0.1) is 5.92 Å². The molecule has 5 nitrogen and oxygen atoms in total. The lowest BCUT2D eigenvalue weighted by atomic mass is 9.98. The molecule has 1 aliphatic heterocycles. The van der Waals surface area contributed by atoms with E-state index in [1.807, 2.05) is 17.9 Å². The smallest absolute Gasteiger partial charge is 0.308 e. The average Bonchev–Trinajstić information content (AvgIpc) is 2.65. The zero-order valence-electron chi connectivity index (χ0n) is 8.73. The van der Waals surface area contributed by atoms with E-state index in [2.05, 4.69) is 10.2 Å². The van der Waals surface area contributed by atoms with E-state index in [1.165, 1.54) is 0 Å². The highest BCUT2D eigenvalue weighted by molar-refractivity contribution is 5.71. The van der Waals surface area contributed by atoms with Gasteiger partial charge in [-0.1, -0.05) is 0 Å². The molecule has 0 spiro atoms. The number of nitrogens with zero attached hydrogens (tertiary/aromatic N) is 2. The number of aliphatic carboxylic acids is 1. The number of rotatable bonds is 2. The minimum absolute atomic E-state index is 0.254. The molecular formula is C10H15N3O2. The van der Waals surface area contributed by atoms with Crippen LogP contribution in [0.1, 0.15) is 18.5 Å². The molecule has 2 N–H and O–H groups in total. The summed E-state index contributed by atoms with van der Waals surface area (Å²) in [7, 11) is 0. The summed E-state index contributed by atoms with van der Waals surface area (Å²) < 4.78 is 0. The van der Waals surface area contributed by atoms with E-state index in [9.17, 15) is 4.79 Å². The molecule has 2 heterocycles. The van der Waals surface area contributed by atoms with Crippen LogP contribution in [-0.4, -0.2) is 34.4 Å². The van der Waals surface area contributed by atoms with Crippen LogP contribution in [0.4, 0.5) is 5.82 Å². The zero-order chi connectivity index (χ0) is 10.8. The van der Waals surface area contributed by atoms with E-state index in [-0.39, 0.29) is 5.92 Å². The predicted octanol–water partition coefficient (Wildman–Crippen LogP) is 1.02. The second kappa shape index (κ2) is 3.92. The molecule has 82 valence electrons. The first-order valence-corrected chi connectivity index (χ1v) is 5.16. The first-order chi connectivity index (χ1) is 7.16. The standard InChI is InChI=1S/C10H15N3O2/c1-7-5-9(12-11-7)13-4-2-3-8(6-13)10(14)15/h5,8H,2-4,6H2,1H3,(H,11,12)(H,14,15)/t8-/m1/s1. The third kappa shape index (κ3) is 2.11. The van der Waals surface area contributed by atoms with Crippen molar-refractivity contribution in [1.82, 2.24) is 10.2 Å². The van der Waals surface area contributed by atoms with E-state index < -0.39 is 5.97 Å². The number of nitrogens with one attached hydrogen (secondary N) is 1. The average molecular weight is 209 g/mol. The first-order valence-electron chi connectivity index (χ1n) is 5.16. The minimum atomic E-state index is -0.702. The summed E-state index contributed by atoms with van der Waals surface area (Å²) in [4.78, 5) is 12.9. The number of aryl methyl sites for hydroxylation is 1. The third-order valence-electron chi connectivity index (χ3n) is 2.79. The summed E-state index contributed by atoms with van der Waals surface area (Å²) in [5, 5.41) is 16.0. The molecular weight excluding hydrogens is 194 g/mol. The summed E-state index contributed by atoms with van der Waals surface area (Å²) in [5.74, 6) is -0.0961. The Morgan fingerprint density at radius 2 is 2.53 bits per heavy atom. The highest BCUT2D eigenvalue weighted by atomic mass is 16.4. The maximum absolute atomic E-state index is 10.9. The highest BCUT2D eigenvalue weighted by Crippen LogP contribution is 2.21. The summed E-state index contributed by atoms with van der Waals surface area (Å²) >= 11 is 0. The van der Waals surface area contributed by atoms with Gasteiger partial charge in [0.1, 0.15) is 0 Å². The maximum atomic E-state index is 10.9. The molecule has 0 amide bonds. The van der Waals surface area contributed by atoms with Crippen LogP contribution < -0.4 is 4.90 Å². The molecule has 0 saturated carbocycles. The number of carboxylic acids is 1. The van der Waals surface area contributed by atoms with Crippen molar-refractivity contribution < 1.29 is 9.90 Å². The number of aromatic nitrogens is 2. The van der Waals surface area contributed by atoms with Gasteiger partial charge in [0, 0.05) is 24.8 Å². The molecule has 0 aromatic carbocycles. The van der Waals surface area contributed by atoms with Gasteiger partial charge in [-0.05, 0) is 19.8 Å². The number of carbonyl (C=O) groups is 1. The van der Waals surface area contributed by atoms with Crippen LogP contribution in [0.15, 0.2) is 6.07 Å². The van der Waals surface area contributed by atoms with E-state index >= 15 is 0 Å². The zero-order valence-corrected chi connectivity index (χ0v) is 8.73. The molecule has 1 atom stereocenters. The van der Waals surface area contributed by atoms with Gasteiger partial charge in [0.15, 0.2) is 5.82 Å². The molecule has 1 aromatic heterocycles. The summed E-state index contributed by atoms with van der Waals surface area (Å²) in [5.41, 5.74) is 1.00. The molecule has 1 fully saturated rings. The van der Waals surface area contributed by atoms with Gasteiger partial charge in [0.25, 0.3) is 0 Å². The fourth-order valence-corrected chi connectivity index (χ4v) is 1.95. The van der Waals surface area contributed by atoms with Crippen molar-refractivity contribution in [3.63, 3.8) is 0 Å². The van der Waals surface area contributed by atoms with Crippen molar-refractivity contribution in [3.05, 3.63) is 11.8 Å². The van der Waals surface area contributed by atoms with Crippen LogP contribution in [0.3, 0.4) is 0 Å². The second-order valence-corrected chi connectivity index (χ2v) is 4.03. The van der Waals surface area contributed by atoms with Crippen molar-refractivity contribution in [1.29, 1.82) is 0 Å². The first kappa shape index (κ1) is 10.0. The van der Waals surface area contributed by atoms with Crippen LogP contribution in [0.5, 0.6) is 0 Å². The lowest BCUT2D eigenvalue weighted by molar-refractivity contribution is -0.141. The number of piperidine rings is 1. The highest BCUT2D eigenvalue weighted by Gasteiger charge is 2.26. The number of anilines is 1. The summed E-state index contributed by atoms with van der Waals surface area (Å²) in [6.07, 6.45) is 1.69. The van der Waals surface area contributed by atoms with Gasteiger partial charge in [-0.25, -0.2) is 0 Å². The number of hydrogen-bond donors (Lipinski definition) is 2. The number of hydrogen-bond acceptors (Lipinski definition) is 3. The molecule has 5 heteroatoms. The number of H-pyrrole nitrogens is 1. The van der Waals surface area contributed by atoms with Crippen LogP contribution in [0.25, 0.3) is 0 Å². The van der Waals surface area contributed by atoms with E-state index in [0.29, 0.717) is 6.54 Å². The SMILES string of the molecule is Cc1cc(N2CCC[C@@H](C(=O)O)C2)n[nH]1.